The van der Waals surface area contributed by atoms with Gasteiger partial charge in [-0.15, -0.1) is 0 Å². The van der Waals surface area contributed by atoms with Crippen molar-refractivity contribution in [1.82, 2.24) is 14.9 Å². The number of carbonyl (C=O) groups excluding carboxylic acids is 1. The van der Waals surface area contributed by atoms with Crippen LogP contribution < -0.4 is 14.8 Å². The van der Waals surface area contributed by atoms with E-state index in [1.54, 1.807) is 21.0 Å². The fourth-order valence-electron chi connectivity index (χ4n) is 3.02. The second-order valence-electron chi connectivity index (χ2n) is 7.35. The number of sulfonamides is 1. The Morgan fingerprint density at radius 2 is 1.83 bits per heavy atom. The molecule has 0 radical (unpaired) electrons. The molecule has 2 N–H and O–H groups in total. The third-order valence-electron chi connectivity index (χ3n) is 4.46. The molecule has 1 amide bonds. The van der Waals surface area contributed by atoms with Crippen LogP contribution in [-0.4, -0.2) is 53.0 Å². The van der Waals surface area contributed by atoms with Gasteiger partial charge in [0.05, 0.1) is 23.6 Å². The molecule has 0 heterocycles. The molecule has 0 saturated heterocycles. The van der Waals surface area contributed by atoms with Crippen LogP contribution in [0.3, 0.4) is 0 Å². The first-order valence-electron chi connectivity index (χ1n) is 9.46. The van der Waals surface area contributed by atoms with Crippen molar-refractivity contribution in [2.45, 2.75) is 30.8 Å². The molecule has 30 heavy (non-hydrogen) atoms. The zero-order valence-corrected chi connectivity index (χ0v) is 18.6. The van der Waals surface area contributed by atoms with E-state index in [0.29, 0.717) is 5.75 Å². The molecular formula is C21H28FN3O4S. The number of hydrogen-bond acceptors (Lipinski definition) is 5. The quantitative estimate of drug-likeness (QED) is 0.630. The Hall–Kier alpha value is -2.49. The summed E-state index contributed by atoms with van der Waals surface area (Å²) in [4.78, 5) is 14.4. The van der Waals surface area contributed by atoms with Crippen molar-refractivity contribution in [2.24, 2.45) is 0 Å². The van der Waals surface area contributed by atoms with Crippen LogP contribution in [0, 0.1) is 5.82 Å². The maximum Gasteiger partial charge on any atom is 0.254 e. The first-order valence-corrected chi connectivity index (χ1v) is 10.9. The van der Waals surface area contributed by atoms with Gasteiger partial charge in [-0.05, 0) is 52.2 Å². The van der Waals surface area contributed by atoms with Crippen molar-refractivity contribution in [2.75, 3.05) is 27.7 Å². The average molecular weight is 438 g/mol. The molecule has 1 atom stereocenters. The van der Waals surface area contributed by atoms with Gasteiger partial charge in [0, 0.05) is 18.2 Å². The lowest BCUT2D eigenvalue weighted by Crippen LogP contribution is -2.35. The highest BCUT2D eigenvalue weighted by Crippen LogP contribution is 2.27. The molecule has 0 saturated carbocycles. The smallest absolute Gasteiger partial charge is 0.254 e. The lowest BCUT2D eigenvalue weighted by atomic mass is 10.0. The van der Waals surface area contributed by atoms with Gasteiger partial charge in [0.15, 0.2) is 0 Å². The fourth-order valence-corrected chi connectivity index (χ4v) is 4.30. The monoisotopic (exact) mass is 437 g/mol. The number of ether oxygens (including phenoxy) is 1. The Balaban J connectivity index is 2.25. The van der Waals surface area contributed by atoms with Gasteiger partial charge in [-0.1, -0.05) is 18.2 Å². The maximum atomic E-state index is 14.3. The SMILES string of the molecule is COc1ccccc1C(CNC(=O)c1cc(S(=O)(=O)NC(C)C)ccc1F)N(C)C. The summed E-state index contributed by atoms with van der Waals surface area (Å²) in [6.45, 7) is 3.52. The van der Waals surface area contributed by atoms with Gasteiger partial charge < -0.3 is 15.0 Å². The van der Waals surface area contributed by atoms with Gasteiger partial charge in [-0.3, -0.25) is 4.79 Å². The van der Waals surface area contributed by atoms with Crippen LogP contribution in [0.5, 0.6) is 5.75 Å². The molecular weight excluding hydrogens is 409 g/mol. The molecule has 0 aliphatic heterocycles. The number of nitrogens with zero attached hydrogens (tertiary/aromatic N) is 1. The minimum absolute atomic E-state index is 0.170. The van der Waals surface area contributed by atoms with Crippen LogP contribution in [0.25, 0.3) is 0 Å². The van der Waals surface area contributed by atoms with E-state index in [0.717, 1.165) is 23.8 Å². The third kappa shape index (κ3) is 5.78. The standard InChI is InChI=1S/C21H28FN3O4S/c1-14(2)24-30(27,28)15-10-11-18(22)17(12-15)21(26)23-13-19(25(3)4)16-8-6-7-9-20(16)29-5/h6-12,14,19,24H,13H2,1-5H3,(H,23,26). The van der Waals surface area contributed by atoms with Crippen LogP contribution in [0.15, 0.2) is 47.4 Å². The van der Waals surface area contributed by atoms with E-state index in [1.807, 2.05) is 43.3 Å². The number of methoxy groups -OCH3 is 1. The van der Waals surface area contributed by atoms with E-state index >= 15 is 0 Å². The zero-order chi connectivity index (χ0) is 22.5. The minimum Gasteiger partial charge on any atom is -0.496 e. The molecule has 0 spiro atoms. The lowest BCUT2D eigenvalue weighted by molar-refractivity contribution is 0.0937. The van der Waals surface area contributed by atoms with Crippen molar-refractivity contribution in [3.05, 3.63) is 59.4 Å². The Morgan fingerprint density at radius 3 is 2.43 bits per heavy atom. The molecule has 0 aliphatic carbocycles. The van der Waals surface area contributed by atoms with Crippen LogP contribution in [0.1, 0.15) is 35.8 Å². The third-order valence-corrected chi connectivity index (χ3v) is 6.12. The number of para-hydroxylation sites is 1. The summed E-state index contributed by atoms with van der Waals surface area (Å²) >= 11 is 0. The van der Waals surface area contributed by atoms with Crippen molar-refractivity contribution in [3.63, 3.8) is 0 Å². The summed E-state index contributed by atoms with van der Waals surface area (Å²) in [7, 11) is 1.43. The molecule has 7 nitrogen and oxygen atoms in total. The highest BCUT2D eigenvalue weighted by Gasteiger charge is 2.23. The van der Waals surface area contributed by atoms with Gasteiger partial charge in [-0.2, -0.15) is 0 Å². The van der Waals surface area contributed by atoms with Crippen molar-refractivity contribution < 1.29 is 22.3 Å². The predicted octanol–water partition coefficient (Wildman–Crippen LogP) is 2.55. The molecule has 2 aromatic carbocycles. The number of rotatable bonds is 9. The van der Waals surface area contributed by atoms with Gasteiger partial charge in [0.1, 0.15) is 11.6 Å². The average Bonchev–Trinajstić information content (AvgIpc) is 2.67. The Kier molecular flexibility index (Phi) is 7.94. The predicted molar refractivity (Wildman–Crippen MR) is 114 cm³/mol. The zero-order valence-electron chi connectivity index (χ0n) is 17.8. The summed E-state index contributed by atoms with van der Waals surface area (Å²) in [6.07, 6.45) is 0. The molecule has 0 bridgehead atoms. The number of likely N-dealkylation sites (N-methyl/N-ethyl adjacent to an activating group) is 1. The second kappa shape index (κ2) is 10.0. The topological polar surface area (TPSA) is 87.7 Å². The van der Waals surface area contributed by atoms with Crippen molar-refractivity contribution >= 4 is 15.9 Å². The van der Waals surface area contributed by atoms with Crippen LogP contribution >= 0.6 is 0 Å². The number of hydrogen-bond donors (Lipinski definition) is 2. The first kappa shape index (κ1) is 23.8. The van der Waals surface area contributed by atoms with Gasteiger partial charge in [-0.25, -0.2) is 17.5 Å². The summed E-state index contributed by atoms with van der Waals surface area (Å²) in [5, 5.41) is 2.70. The lowest BCUT2D eigenvalue weighted by Gasteiger charge is -2.26. The summed E-state index contributed by atoms with van der Waals surface area (Å²) in [6, 6.07) is 10.0. The number of amides is 1. The Bertz CT molecular complexity index is 993. The summed E-state index contributed by atoms with van der Waals surface area (Å²) in [5.41, 5.74) is 0.530. The normalized spacial score (nSPS) is 12.8. The van der Waals surface area contributed by atoms with E-state index in [4.69, 9.17) is 4.74 Å². The molecule has 164 valence electrons. The summed E-state index contributed by atoms with van der Waals surface area (Å²) < 4.78 is 46.8. The van der Waals surface area contributed by atoms with Crippen LogP contribution in [0.4, 0.5) is 4.39 Å². The minimum atomic E-state index is -3.85. The summed E-state index contributed by atoms with van der Waals surface area (Å²) in [5.74, 6) is -0.824. The van der Waals surface area contributed by atoms with E-state index in [9.17, 15) is 17.6 Å². The number of halogens is 1. The Labute approximate surface area is 177 Å². The van der Waals surface area contributed by atoms with E-state index in [1.165, 1.54) is 0 Å². The van der Waals surface area contributed by atoms with Gasteiger partial charge >= 0.3 is 0 Å². The van der Waals surface area contributed by atoms with Gasteiger partial charge in [0.2, 0.25) is 10.0 Å². The second-order valence-corrected chi connectivity index (χ2v) is 9.06. The number of benzene rings is 2. The largest absolute Gasteiger partial charge is 0.496 e. The molecule has 1 unspecified atom stereocenters. The van der Waals surface area contributed by atoms with Crippen molar-refractivity contribution in [1.29, 1.82) is 0 Å². The van der Waals surface area contributed by atoms with Crippen molar-refractivity contribution in [3.8, 4) is 5.75 Å². The molecule has 2 aromatic rings. The number of carbonyl (C=O) groups is 1. The van der Waals surface area contributed by atoms with Gasteiger partial charge in [0.25, 0.3) is 5.91 Å². The Morgan fingerprint density at radius 1 is 1.17 bits per heavy atom. The maximum absolute atomic E-state index is 14.3. The van der Waals surface area contributed by atoms with E-state index in [-0.39, 0.29) is 29.1 Å². The first-order chi connectivity index (χ1) is 14.1. The fraction of sp³-hybridized carbons (Fsp3) is 0.381. The molecule has 2 rings (SSSR count). The molecule has 0 fully saturated rings. The molecule has 0 aliphatic rings. The van der Waals surface area contributed by atoms with E-state index in [2.05, 4.69) is 10.0 Å². The highest BCUT2D eigenvalue weighted by molar-refractivity contribution is 7.89. The number of nitrogens with one attached hydrogen (secondary N) is 2. The van der Waals surface area contributed by atoms with Crippen LogP contribution in [-0.2, 0) is 10.0 Å². The van der Waals surface area contributed by atoms with E-state index < -0.39 is 21.7 Å². The molecule has 0 aromatic heterocycles. The van der Waals surface area contributed by atoms with Crippen LogP contribution in [0.2, 0.25) is 0 Å². The molecule has 9 heteroatoms. The highest BCUT2D eigenvalue weighted by atomic mass is 32.2.